The Bertz CT molecular complexity index is 980. The molecule has 2 fully saturated rings. The van der Waals surface area contributed by atoms with E-state index in [4.69, 9.17) is 24.2 Å². The number of carboxylic acid groups (broad SMARTS) is 2. The maximum atomic E-state index is 10.6. The number of furan rings is 1. The highest BCUT2D eigenvalue weighted by atomic mass is 32.1. The van der Waals surface area contributed by atoms with Crippen LogP contribution in [-0.2, 0) is 22.7 Å². The standard InChI is InChI=1S/C20H28N2OS.2C2HF3O2/c1-17-4-5-18(23-17)15-21-10-6-20(7-11-21)8-12-22(13-9-20)16-19-3-2-14-24-19;2*3-2(4,5)1(6)7/h2-5,14H,6-13,15-16H2,1H3;2*(H,6,7). The maximum Gasteiger partial charge on any atom is 0.490 e. The van der Waals surface area contributed by atoms with Gasteiger partial charge in [0.1, 0.15) is 11.5 Å². The predicted octanol–water partition coefficient (Wildman–Crippen LogP) is 5.79. The normalized spacial score (nSPS) is 18.2. The SMILES string of the molecule is Cc1ccc(CN2CCC3(CC2)CCN(Cc2cccs2)CC3)o1.O=C(O)C(F)(F)F.O=C(O)C(F)(F)F. The summed E-state index contributed by atoms with van der Waals surface area (Å²) in [5.41, 5.74) is 0.613. The molecule has 0 atom stereocenters. The molecule has 0 aromatic carbocycles. The lowest BCUT2D eigenvalue weighted by Crippen LogP contribution is -2.46. The third-order valence-electron chi connectivity index (χ3n) is 6.45. The van der Waals surface area contributed by atoms with Gasteiger partial charge in [0.05, 0.1) is 6.54 Å². The number of piperidine rings is 2. The third kappa shape index (κ3) is 10.7. The van der Waals surface area contributed by atoms with Crippen molar-refractivity contribution in [2.75, 3.05) is 26.2 Å². The number of hydrogen-bond acceptors (Lipinski definition) is 6. The largest absolute Gasteiger partial charge is 0.490 e. The molecular weight excluding hydrogens is 542 g/mol. The van der Waals surface area contributed by atoms with Gasteiger partial charge in [0.2, 0.25) is 0 Å². The summed E-state index contributed by atoms with van der Waals surface area (Å²) in [5, 5.41) is 16.4. The fourth-order valence-corrected chi connectivity index (χ4v) is 5.03. The minimum atomic E-state index is -5.08. The van der Waals surface area contributed by atoms with Gasteiger partial charge in [0.25, 0.3) is 0 Å². The Morgan fingerprint density at radius 2 is 1.32 bits per heavy atom. The first-order chi connectivity index (χ1) is 17.6. The lowest BCUT2D eigenvalue weighted by atomic mass is 9.71. The lowest BCUT2D eigenvalue weighted by molar-refractivity contribution is -0.193. The Kier molecular flexibility index (Phi) is 11.2. The molecule has 2 aliphatic rings. The van der Waals surface area contributed by atoms with Crippen molar-refractivity contribution in [2.24, 2.45) is 5.41 Å². The summed E-state index contributed by atoms with van der Waals surface area (Å²) >= 11 is 1.89. The van der Waals surface area contributed by atoms with Crippen molar-refractivity contribution in [3.05, 3.63) is 46.0 Å². The quantitative estimate of drug-likeness (QED) is 0.448. The van der Waals surface area contributed by atoms with Gasteiger partial charge in [0, 0.05) is 11.4 Å². The molecule has 7 nitrogen and oxygen atoms in total. The number of likely N-dealkylation sites (tertiary alicyclic amines) is 2. The van der Waals surface area contributed by atoms with Crippen LogP contribution in [0.3, 0.4) is 0 Å². The van der Waals surface area contributed by atoms with Crippen LogP contribution in [0.1, 0.15) is 42.1 Å². The summed E-state index contributed by atoms with van der Waals surface area (Å²) in [4.78, 5) is 24.5. The fraction of sp³-hybridized carbons (Fsp3) is 0.583. The Labute approximate surface area is 219 Å². The van der Waals surface area contributed by atoms with Crippen molar-refractivity contribution in [3.8, 4) is 0 Å². The van der Waals surface area contributed by atoms with Gasteiger partial charge in [-0.3, -0.25) is 9.80 Å². The van der Waals surface area contributed by atoms with E-state index in [0.717, 1.165) is 24.6 Å². The monoisotopic (exact) mass is 572 g/mol. The Morgan fingerprint density at radius 1 is 0.868 bits per heavy atom. The molecule has 0 saturated carbocycles. The van der Waals surface area contributed by atoms with E-state index in [-0.39, 0.29) is 0 Å². The molecule has 0 amide bonds. The van der Waals surface area contributed by atoms with Crippen molar-refractivity contribution in [1.29, 1.82) is 0 Å². The highest BCUT2D eigenvalue weighted by Crippen LogP contribution is 2.41. The summed E-state index contributed by atoms with van der Waals surface area (Å²) in [6.07, 6.45) is -4.68. The number of hydrogen-bond donors (Lipinski definition) is 2. The van der Waals surface area contributed by atoms with E-state index < -0.39 is 24.3 Å². The molecule has 0 aliphatic carbocycles. The van der Waals surface area contributed by atoms with E-state index in [9.17, 15) is 26.3 Å². The van der Waals surface area contributed by atoms with Gasteiger partial charge in [0.15, 0.2) is 0 Å². The second kappa shape index (κ2) is 13.5. The number of aryl methyl sites for hydroxylation is 1. The molecule has 0 unspecified atom stereocenters. The van der Waals surface area contributed by atoms with E-state index in [1.54, 1.807) is 0 Å². The number of nitrogens with zero attached hydrogens (tertiary/aromatic N) is 2. The van der Waals surface area contributed by atoms with Gasteiger partial charge >= 0.3 is 24.3 Å². The van der Waals surface area contributed by atoms with Crippen molar-refractivity contribution in [1.82, 2.24) is 9.80 Å². The molecule has 2 aromatic rings. The van der Waals surface area contributed by atoms with Crippen LogP contribution in [0.5, 0.6) is 0 Å². The summed E-state index contributed by atoms with van der Waals surface area (Å²) in [6, 6.07) is 8.64. The first-order valence-corrected chi connectivity index (χ1v) is 12.6. The van der Waals surface area contributed by atoms with Crippen LogP contribution >= 0.6 is 11.3 Å². The van der Waals surface area contributed by atoms with E-state index >= 15 is 0 Å². The van der Waals surface area contributed by atoms with Crippen LogP contribution in [0.4, 0.5) is 26.3 Å². The summed E-state index contributed by atoms with van der Waals surface area (Å²) in [5.74, 6) is -3.37. The van der Waals surface area contributed by atoms with E-state index in [2.05, 4.69) is 39.4 Å². The molecule has 4 heterocycles. The lowest BCUT2D eigenvalue weighted by Gasteiger charge is -2.46. The van der Waals surface area contributed by atoms with Gasteiger partial charge in [-0.05, 0) is 87.8 Å². The third-order valence-corrected chi connectivity index (χ3v) is 7.31. The molecule has 2 aliphatic heterocycles. The number of alkyl halides is 6. The number of rotatable bonds is 4. The molecule has 214 valence electrons. The summed E-state index contributed by atoms with van der Waals surface area (Å²) in [6.45, 7) is 9.16. The zero-order valence-electron chi connectivity index (χ0n) is 20.6. The molecular formula is C24H30F6N2O5S. The van der Waals surface area contributed by atoms with Crippen LogP contribution in [0.2, 0.25) is 0 Å². The highest BCUT2D eigenvalue weighted by molar-refractivity contribution is 7.09. The molecule has 38 heavy (non-hydrogen) atoms. The topological polar surface area (TPSA) is 94.2 Å². The van der Waals surface area contributed by atoms with E-state index in [0.29, 0.717) is 5.41 Å². The summed E-state index contributed by atoms with van der Waals surface area (Å²) in [7, 11) is 0. The molecule has 14 heteroatoms. The first kappa shape index (κ1) is 31.6. The molecule has 2 aromatic heterocycles. The summed E-state index contributed by atoms with van der Waals surface area (Å²) < 4.78 is 69.2. The van der Waals surface area contributed by atoms with Gasteiger partial charge < -0.3 is 14.6 Å². The molecule has 2 N–H and O–H groups in total. The molecule has 2 saturated heterocycles. The first-order valence-electron chi connectivity index (χ1n) is 11.7. The fourth-order valence-electron chi connectivity index (χ4n) is 4.28. The van der Waals surface area contributed by atoms with E-state index in [1.807, 2.05) is 18.3 Å². The number of carboxylic acids is 2. The van der Waals surface area contributed by atoms with E-state index in [1.165, 1.54) is 56.7 Å². The number of thiophene rings is 1. The Hall–Kier alpha value is -2.58. The van der Waals surface area contributed by atoms with Gasteiger partial charge in [-0.1, -0.05) is 6.07 Å². The van der Waals surface area contributed by atoms with Crippen LogP contribution < -0.4 is 0 Å². The molecule has 4 rings (SSSR count). The smallest absolute Gasteiger partial charge is 0.475 e. The van der Waals surface area contributed by atoms with Crippen molar-refractivity contribution in [3.63, 3.8) is 0 Å². The Morgan fingerprint density at radius 3 is 1.66 bits per heavy atom. The highest BCUT2D eigenvalue weighted by Gasteiger charge is 2.39. The molecule has 1 spiro atoms. The second-order valence-electron chi connectivity index (χ2n) is 9.25. The second-order valence-corrected chi connectivity index (χ2v) is 10.3. The zero-order valence-corrected chi connectivity index (χ0v) is 21.5. The average Bonchev–Trinajstić information content (AvgIpc) is 3.48. The van der Waals surface area contributed by atoms with Crippen LogP contribution in [0, 0.1) is 12.3 Å². The number of aliphatic carboxylic acids is 2. The molecule has 0 bridgehead atoms. The zero-order chi connectivity index (χ0) is 28.6. The number of carbonyl (C=O) groups is 2. The van der Waals surface area contributed by atoms with Crippen molar-refractivity contribution < 1.29 is 50.6 Å². The number of halogens is 6. The Balaban J connectivity index is 0.000000301. The van der Waals surface area contributed by atoms with Crippen LogP contribution in [0.15, 0.2) is 34.1 Å². The predicted molar refractivity (Wildman–Crippen MR) is 127 cm³/mol. The van der Waals surface area contributed by atoms with Gasteiger partial charge in [-0.25, -0.2) is 9.59 Å². The van der Waals surface area contributed by atoms with Gasteiger partial charge in [-0.2, -0.15) is 26.3 Å². The van der Waals surface area contributed by atoms with Crippen molar-refractivity contribution >= 4 is 23.3 Å². The van der Waals surface area contributed by atoms with Crippen LogP contribution in [-0.4, -0.2) is 70.5 Å². The maximum absolute atomic E-state index is 10.6. The minimum absolute atomic E-state index is 0.613. The van der Waals surface area contributed by atoms with Gasteiger partial charge in [-0.15, -0.1) is 11.3 Å². The van der Waals surface area contributed by atoms with Crippen molar-refractivity contribution in [2.45, 2.75) is 58.0 Å². The minimum Gasteiger partial charge on any atom is -0.475 e. The molecule has 0 radical (unpaired) electrons. The average molecular weight is 573 g/mol. The van der Waals surface area contributed by atoms with Crippen LogP contribution in [0.25, 0.3) is 0 Å².